The van der Waals surface area contributed by atoms with Gasteiger partial charge in [-0.3, -0.25) is 14.1 Å². The number of benzene rings is 1. The van der Waals surface area contributed by atoms with Gasteiger partial charge in [-0.25, -0.2) is 0 Å². The highest BCUT2D eigenvalue weighted by Gasteiger charge is 2.32. The molecule has 0 fully saturated rings. The summed E-state index contributed by atoms with van der Waals surface area (Å²) in [7, 11) is -1.18. The van der Waals surface area contributed by atoms with E-state index in [0.29, 0.717) is 17.0 Å². The molecular weight excluding hydrogens is 418 g/mol. The van der Waals surface area contributed by atoms with Gasteiger partial charge >= 0.3 is 10.4 Å². The average Bonchev–Trinajstić information content (AvgIpc) is 2.63. The highest BCUT2D eigenvalue weighted by molar-refractivity contribution is 7.81. The number of aromatic nitrogens is 1. The molecule has 1 aromatic carbocycles. The molecule has 0 radical (unpaired) electrons. The maximum Gasteiger partial charge on any atom is 0.446 e. The molecule has 1 heterocycles. The lowest BCUT2D eigenvalue weighted by molar-refractivity contribution is 0.0964. The Kier molecular flexibility index (Phi) is 6.78. The minimum Gasteiger partial charge on any atom is -0.495 e. The lowest BCUT2D eigenvalue weighted by Crippen LogP contribution is -2.21. The Labute approximate surface area is 173 Å². The quantitative estimate of drug-likeness (QED) is 0.482. The second-order valence-corrected chi connectivity index (χ2v) is 7.45. The predicted molar refractivity (Wildman–Crippen MR) is 108 cm³/mol. The molecule has 0 amide bonds. The summed E-state index contributed by atoms with van der Waals surface area (Å²) in [6, 6.07) is 2.74. The molecule has 164 valence electrons. The van der Waals surface area contributed by atoms with Gasteiger partial charge in [-0.2, -0.15) is 8.42 Å². The molecule has 0 aliphatic heterocycles. The monoisotopic (exact) mass is 441 g/mol. The Morgan fingerprint density at radius 3 is 1.87 bits per heavy atom. The topological polar surface area (TPSA) is 130 Å². The Morgan fingerprint density at radius 2 is 1.43 bits per heavy atom. The van der Waals surface area contributed by atoms with Crippen LogP contribution in [0.15, 0.2) is 16.9 Å². The van der Waals surface area contributed by atoms with Gasteiger partial charge in [0.25, 0.3) is 0 Å². The number of hydrogen-bond acceptors (Lipinski definition) is 8. The molecule has 2 aromatic rings. The highest BCUT2D eigenvalue weighted by Crippen LogP contribution is 2.49. The van der Waals surface area contributed by atoms with Crippen molar-refractivity contribution in [3.05, 3.63) is 44.9 Å². The number of methoxy groups -OCH3 is 3. The molecule has 0 saturated carbocycles. The van der Waals surface area contributed by atoms with Crippen molar-refractivity contribution < 1.29 is 36.2 Å². The largest absolute Gasteiger partial charge is 0.495 e. The van der Waals surface area contributed by atoms with E-state index in [1.165, 1.54) is 33.5 Å². The molecular formula is C19H23NO9S. The number of ketones is 1. The van der Waals surface area contributed by atoms with Crippen LogP contribution in [0, 0.1) is 20.8 Å². The molecule has 11 heteroatoms. The molecule has 0 spiro atoms. The summed E-state index contributed by atoms with van der Waals surface area (Å²) in [5.74, 6) is -1.32. The fourth-order valence-corrected chi connectivity index (χ4v) is 3.63. The SMILES string of the molecule is COc1c(C)c(OC)c(C(=O)Cn2c(C)cc(=O)cc2C)c(OS(=O)(=O)O)c1OC. The Bertz CT molecular complexity index is 1120. The first kappa shape index (κ1) is 23.2. The van der Waals surface area contributed by atoms with Crippen LogP contribution in [0.5, 0.6) is 23.0 Å². The molecule has 0 aliphatic carbocycles. The maximum atomic E-state index is 13.3. The van der Waals surface area contributed by atoms with Crippen molar-refractivity contribution in [3.63, 3.8) is 0 Å². The number of carbonyl (C=O) groups excluding carboxylic acids is 1. The number of hydrogen-bond donors (Lipinski definition) is 1. The fourth-order valence-electron chi connectivity index (χ4n) is 3.26. The molecule has 0 saturated heterocycles. The molecule has 0 bridgehead atoms. The molecule has 0 atom stereocenters. The van der Waals surface area contributed by atoms with Gasteiger partial charge in [-0.15, -0.1) is 0 Å². The lowest BCUT2D eigenvalue weighted by Gasteiger charge is -2.22. The first-order chi connectivity index (χ1) is 13.9. The fraction of sp³-hybridized carbons (Fsp3) is 0.368. The number of aryl methyl sites for hydroxylation is 2. The first-order valence-corrected chi connectivity index (χ1v) is 10.0. The van der Waals surface area contributed by atoms with Gasteiger partial charge in [-0.1, -0.05) is 0 Å². The second kappa shape index (κ2) is 8.76. The second-order valence-electron chi connectivity index (χ2n) is 6.42. The molecule has 10 nitrogen and oxygen atoms in total. The number of carbonyl (C=O) groups is 1. The summed E-state index contributed by atoms with van der Waals surface area (Å²) in [6.07, 6.45) is 0. The van der Waals surface area contributed by atoms with Crippen molar-refractivity contribution in [2.45, 2.75) is 27.3 Å². The summed E-state index contributed by atoms with van der Waals surface area (Å²) < 4.78 is 54.3. The Morgan fingerprint density at radius 1 is 0.933 bits per heavy atom. The third kappa shape index (κ3) is 4.57. The summed E-state index contributed by atoms with van der Waals surface area (Å²) in [5, 5.41) is 0. The van der Waals surface area contributed by atoms with Gasteiger partial charge in [0.05, 0.1) is 27.9 Å². The van der Waals surface area contributed by atoms with Crippen LogP contribution in [0.1, 0.15) is 27.3 Å². The summed E-state index contributed by atoms with van der Waals surface area (Å²) in [4.78, 5) is 24.9. The van der Waals surface area contributed by atoms with Crippen molar-refractivity contribution in [1.82, 2.24) is 4.57 Å². The van der Waals surface area contributed by atoms with E-state index >= 15 is 0 Å². The van der Waals surface area contributed by atoms with Gasteiger partial charge in [0.2, 0.25) is 11.5 Å². The lowest BCUT2D eigenvalue weighted by atomic mass is 10.0. The van der Waals surface area contributed by atoms with Crippen molar-refractivity contribution in [3.8, 4) is 23.0 Å². The zero-order valence-corrected chi connectivity index (χ0v) is 18.2. The van der Waals surface area contributed by atoms with Crippen molar-refractivity contribution in [2.75, 3.05) is 21.3 Å². The van der Waals surface area contributed by atoms with Crippen LogP contribution in [-0.2, 0) is 16.9 Å². The van der Waals surface area contributed by atoms with E-state index in [1.54, 1.807) is 25.3 Å². The van der Waals surface area contributed by atoms with Gasteiger partial charge in [0.1, 0.15) is 11.3 Å². The first-order valence-electron chi connectivity index (χ1n) is 8.65. The standard InChI is InChI=1S/C19H23NO9S/c1-10-7-13(21)8-11(2)20(10)9-14(22)15-16(26-4)12(3)17(27-5)19(28-6)18(15)29-30(23,24)25/h7-8H,9H2,1-6H3,(H,23,24,25). The number of nitrogens with zero attached hydrogens (tertiary/aromatic N) is 1. The average molecular weight is 441 g/mol. The zero-order valence-electron chi connectivity index (χ0n) is 17.4. The van der Waals surface area contributed by atoms with Crippen LogP contribution in [0.4, 0.5) is 0 Å². The normalized spacial score (nSPS) is 11.2. The van der Waals surface area contributed by atoms with Crippen LogP contribution in [0.25, 0.3) is 0 Å². The highest BCUT2D eigenvalue weighted by atomic mass is 32.3. The Balaban J connectivity index is 2.81. The molecule has 1 N–H and O–H groups in total. The predicted octanol–water partition coefficient (Wildman–Crippen LogP) is 1.86. The summed E-state index contributed by atoms with van der Waals surface area (Å²) in [6.45, 7) is 4.65. The number of rotatable bonds is 8. The maximum absolute atomic E-state index is 13.3. The number of Topliss-reactive ketones (excluding diaryl/α,β-unsaturated/α-hetero) is 1. The van der Waals surface area contributed by atoms with E-state index < -0.39 is 21.9 Å². The van der Waals surface area contributed by atoms with E-state index in [2.05, 4.69) is 0 Å². The van der Waals surface area contributed by atoms with E-state index in [9.17, 15) is 22.6 Å². The number of pyridine rings is 1. The summed E-state index contributed by atoms with van der Waals surface area (Å²) >= 11 is 0. The molecule has 2 rings (SSSR count). The van der Waals surface area contributed by atoms with Crippen molar-refractivity contribution in [1.29, 1.82) is 0 Å². The van der Waals surface area contributed by atoms with Gasteiger partial charge in [0, 0.05) is 29.1 Å². The third-order valence-corrected chi connectivity index (χ3v) is 4.86. The number of ether oxygens (including phenoxy) is 3. The van der Waals surface area contributed by atoms with Crippen LogP contribution >= 0.6 is 0 Å². The minimum atomic E-state index is -5.01. The molecule has 30 heavy (non-hydrogen) atoms. The van der Waals surface area contributed by atoms with E-state index in [0.717, 1.165) is 0 Å². The van der Waals surface area contributed by atoms with Gasteiger partial charge in [-0.05, 0) is 20.8 Å². The van der Waals surface area contributed by atoms with Gasteiger partial charge < -0.3 is 23.0 Å². The molecule has 0 unspecified atom stereocenters. The van der Waals surface area contributed by atoms with E-state index in [4.69, 9.17) is 18.4 Å². The van der Waals surface area contributed by atoms with Crippen LogP contribution in [-0.4, -0.2) is 44.7 Å². The molecule has 1 aromatic heterocycles. The third-order valence-electron chi connectivity index (χ3n) is 4.48. The minimum absolute atomic E-state index is 0.00680. The van der Waals surface area contributed by atoms with E-state index in [1.807, 2.05) is 0 Å². The smallest absolute Gasteiger partial charge is 0.446 e. The van der Waals surface area contributed by atoms with Crippen molar-refractivity contribution >= 4 is 16.2 Å². The van der Waals surface area contributed by atoms with Gasteiger partial charge in [0.15, 0.2) is 17.0 Å². The Hall–Kier alpha value is -3.05. The van der Waals surface area contributed by atoms with Crippen LogP contribution in [0.3, 0.4) is 0 Å². The van der Waals surface area contributed by atoms with Crippen LogP contribution in [0.2, 0.25) is 0 Å². The van der Waals surface area contributed by atoms with Crippen molar-refractivity contribution in [2.24, 2.45) is 0 Å². The van der Waals surface area contributed by atoms with Crippen LogP contribution < -0.4 is 23.8 Å². The van der Waals surface area contributed by atoms with E-state index in [-0.39, 0.29) is 34.8 Å². The summed E-state index contributed by atoms with van der Waals surface area (Å²) in [5.41, 5.74) is 0.950. The molecule has 0 aliphatic rings. The zero-order chi connectivity index (χ0) is 22.8.